The molecule has 0 aliphatic heterocycles. The minimum Gasteiger partial charge on any atom is -0.353 e. The highest BCUT2D eigenvalue weighted by atomic mass is 16.2. The molecule has 2 aliphatic rings. The normalized spacial score (nSPS) is 34.2. The molecule has 104 valence electrons. The molecule has 0 saturated heterocycles. The summed E-state index contributed by atoms with van der Waals surface area (Å²) in [7, 11) is 0. The van der Waals surface area contributed by atoms with Gasteiger partial charge in [0.2, 0.25) is 5.91 Å². The van der Waals surface area contributed by atoms with Gasteiger partial charge in [0.25, 0.3) is 0 Å². The van der Waals surface area contributed by atoms with Gasteiger partial charge in [0.1, 0.15) is 0 Å². The third-order valence-corrected chi connectivity index (χ3v) is 4.79. The predicted octanol–water partition coefficient (Wildman–Crippen LogP) is 2.59. The minimum atomic E-state index is -0.234. The third-order valence-electron chi connectivity index (χ3n) is 4.79. The lowest BCUT2D eigenvalue weighted by Gasteiger charge is -2.45. The molecule has 0 spiro atoms. The predicted molar refractivity (Wildman–Crippen MR) is 74.1 cm³/mol. The lowest BCUT2D eigenvalue weighted by atomic mass is 9.62. The lowest BCUT2D eigenvalue weighted by molar-refractivity contribution is -0.139. The van der Waals surface area contributed by atoms with Gasteiger partial charge < -0.3 is 11.1 Å². The van der Waals surface area contributed by atoms with Crippen LogP contribution in [0, 0.1) is 11.3 Å². The first-order valence-corrected chi connectivity index (χ1v) is 7.67. The van der Waals surface area contributed by atoms with E-state index in [1.165, 1.54) is 32.1 Å². The molecule has 3 nitrogen and oxygen atoms in total. The molecule has 0 radical (unpaired) electrons. The molecule has 3 N–H and O–H groups in total. The minimum absolute atomic E-state index is 0.230. The first-order valence-electron chi connectivity index (χ1n) is 7.67. The number of carbonyl (C=O) groups is 1. The molecule has 0 heterocycles. The highest BCUT2D eigenvalue weighted by Crippen LogP contribution is 2.44. The van der Waals surface area contributed by atoms with E-state index in [1.807, 2.05) is 0 Å². The summed E-state index contributed by atoms with van der Waals surface area (Å²) in [5.74, 6) is 0.894. The van der Waals surface area contributed by atoms with Gasteiger partial charge in [-0.3, -0.25) is 4.79 Å². The summed E-state index contributed by atoms with van der Waals surface area (Å²) >= 11 is 0. The molecule has 2 rings (SSSR count). The summed E-state index contributed by atoms with van der Waals surface area (Å²) in [5.41, 5.74) is 5.60. The SMILES string of the molecule is CC1CC(CN)(C(=O)NC2CCCCCCC2)C1. The largest absolute Gasteiger partial charge is 0.353 e. The van der Waals surface area contributed by atoms with Crippen LogP contribution < -0.4 is 11.1 Å². The van der Waals surface area contributed by atoms with Crippen LogP contribution in [0.2, 0.25) is 0 Å². The van der Waals surface area contributed by atoms with Crippen LogP contribution >= 0.6 is 0 Å². The molecular weight excluding hydrogens is 224 g/mol. The van der Waals surface area contributed by atoms with Crippen molar-refractivity contribution in [2.45, 2.75) is 70.8 Å². The van der Waals surface area contributed by atoms with Crippen LogP contribution in [0.4, 0.5) is 0 Å². The summed E-state index contributed by atoms with van der Waals surface area (Å²) in [6.45, 7) is 2.72. The second-order valence-corrected chi connectivity index (χ2v) is 6.51. The molecule has 0 unspecified atom stereocenters. The van der Waals surface area contributed by atoms with Crippen molar-refractivity contribution in [3.63, 3.8) is 0 Å². The molecule has 2 fully saturated rings. The van der Waals surface area contributed by atoms with Crippen LogP contribution in [-0.2, 0) is 4.79 Å². The number of amides is 1. The average Bonchev–Trinajstić information content (AvgIpc) is 2.27. The van der Waals surface area contributed by atoms with E-state index >= 15 is 0 Å². The van der Waals surface area contributed by atoms with Gasteiger partial charge in [0, 0.05) is 12.6 Å². The number of nitrogens with one attached hydrogen (secondary N) is 1. The van der Waals surface area contributed by atoms with E-state index in [4.69, 9.17) is 5.73 Å². The fourth-order valence-electron chi connectivity index (χ4n) is 3.66. The number of carbonyl (C=O) groups excluding carboxylic acids is 1. The zero-order valence-corrected chi connectivity index (χ0v) is 11.7. The van der Waals surface area contributed by atoms with Gasteiger partial charge >= 0.3 is 0 Å². The van der Waals surface area contributed by atoms with E-state index in [2.05, 4.69) is 12.2 Å². The molecule has 0 aromatic heterocycles. The second-order valence-electron chi connectivity index (χ2n) is 6.51. The summed E-state index contributed by atoms with van der Waals surface area (Å²) in [5, 5.41) is 3.28. The van der Waals surface area contributed by atoms with E-state index in [-0.39, 0.29) is 11.3 Å². The van der Waals surface area contributed by atoms with Gasteiger partial charge in [0.15, 0.2) is 0 Å². The first-order chi connectivity index (χ1) is 8.66. The van der Waals surface area contributed by atoms with Crippen molar-refractivity contribution in [1.82, 2.24) is 5.32 Å². The van der Waals surface area contributed by atoms with Crippen molar-refractivity contribution >= 4 is 5.91 Å². The standard InChI is InChI=1S/C15H28N2O/c1-12-9-15(10-12,11-16)14(18)17-13-7-5-3-2-4-6-8-13/h12-13H,2-11,16H2,1H3,(H,17,18). The van der Waals surface area contributed by atoms with E-state index in [9.17, 15) is 4.79 Å². The second kappa shape index (κ2) is 6.05. The van der Waals surface area contributed by atoms with Crippen molar-refractivity contribution in [2.75, 3.05) is 6.54 Å². The fourth-order valence-corrected chi connectivity index (χ4v) is 3.66. The smallest absolute Gasteiger partial charge is 0.227 e. The maximum atomic E-state index is 12.4. The van der Waals surface area contributed by atoms with E-state index in [1.54, 1.807) is 0 Å². The van der Waals surface area contributed by atoms with Crippen LogP contribution in [0.1, 0.15) is 64.7 Å². The Bertz CT molecular complexity index is 276. The van der Waals surface area contributed by atoms with Crippen molar-refractivity contribution in [3.05, 3.63) is 0 Å². The van der Waals surface area contributed by atoms with Crippen LogP contribution in [0.5, 0.6) is 0 Å². The van der Waals surface area contributed by atoms with Crippen LogP contribution in [-0.4, -0.2) is 18.5 Å². The molecule has 2 saturated carbocycles. The molecule has 0 atom stereocenters. The Hall–Kier alpha value is -0.570. The van der Waals surface area contributed by atoms with Gasteiger partial charge in [0.05, 0.1) is 5.41 Å². The van der Waals surface area contributed by atoms with Crippen molar-refractivity contribution in [3.8, 4) is 0 Å². The van der Waals surface area contributed by atoms with Gasteiger partial charge in [-0.15, -0.1) is 0 Å². The summed E-state index contributed by atoms with van der Waals surface area (Å²) in [6, 6.07) is 0.400. The Kier molecular flexibility index (Phi) is 4.66. The van der Waals surface area contributed by atoms with E-state index in [0.717, 1.165) is 25.7 Å². The summed E-state index contributed by atoms with van der Waals surface area (Å²) in [6.07, 6.45) is 10.8. The number of nitrogens with two attached hydrogens (primary N) is 1. The molecule has 0 aromatic rings. The molecule has 0 bridgehead atoms. The Labute approximate surface area is 111 Å². The van der Waals surface area contributed by atoms with Crippen molar-refractivity contribution < 1.29 is 4.79 Å². The van der Waals surface area contributed by atoms with Gasteiger partial charge in [-0.05, 0) is 31.6 Å². The summed E-state index contributed by atoms with van der Waals surface area (Å²) in [4.78, 5) is 12.4. The molecule has 2 aliphatic carbocycles. The Morgan fingerprint density at radius 3 is 2.22 bits per heavy atom. The Morgan fingerprint density at radius 2 is 1.72 bits per heavy atom. The van der Waals surface area contributed by atoms with Gasteiger partial charge in [-0.1, -0.05) is 39.0 Å². The third kappa shape index (κ3) is 3.05. The fraction of sp³-hybridized carbons (Fsp3) is 0.933. The van der Waals surface area contributed by atoms with E-state index < -0.39 is 0 Å². The van der Waals surface area contributed by atoms with Gasteiger partial charge in [-0.25, -0.2) is 0 Å². The van der Waals surface area contributed by atoms with Crippen LogP contribution in [0.3, 0.4) is 0 Å². The number of hydrogen-bond donors (Lipinski definition) is 2. The number of rotatable bonds is 3. The zero-order valence-electron chi connectivity index (χ0n) is 11.7. The highest BCUT2D eigenvalue weighted by Gasteiger charge is 2.47. The molecule has 3 heteroatoms. The van der Waals surface area contributed by atoms with E-state index in [0.29, 0.717) is 18.5 Å². The topological polar surface area (TPSA) is 55.1 Å². The Balaban J connectivity index is 1.85. The maximum absolute atomic E-state index is 12.4. The Morgan fingerprint density at radius 1 is 1.17 bits per heavy atom. The quantitative estimate of drug-likeness (QED) is 0.811. The molecule has 1 amide bonds. The van der Waals surface area contributed by atoms with Gasteiger partial charge in [-0.2, -0.15) is 0 Å². The zero-order chi connectivity index (χ0) is 13.0. The monoisotopic (exact) mass is 252 g/mol. The van der Waals surface area contributed by atoms with Crippen molar-refractivity contribution in [1.29, 1.82) is 0 Å². The highest BCUT2D eigenvalue weighted by molar-refractivity contribution is 5.84. The number of hydrogen-bond acceptors (Lipinski definition) is 2. The first kappa shape index (κ1) is 13.9. The molecule has 18 heavy (non-hydrogen) atoms. The lowest BCUT2D eigenvalue weighted by Crippen LogP contribution is -2.55. The van der Waals surface area contributed by atoms with Crippen LogP contribution in [0.15, 0.2) is 0 Å². The summed E-state index contributed by atoms with van der Waals surface area (Å²) < 4.78 is 0. The maximum Gasteiger partial charge on any atom is 0.227 e. The van der Waals surface area contributed by atoms with Crippen molar-refractivity contribution in [2.24, 2.45) is 17.1 Å². The average molecular weight is 252 g/mol. The molecular formula is C15H28N2O. The molecule has 0 aromatic carbocycles. The van der Waals surface area contributed by atoms with Crippen LogP contribution in [0.25, 0.3) is 0 Å².